The van der Waals surface area contributed by atoms with Crippen molar-refractivity contribution >= 4 is 11.6 Å². The van der Waals surface area contributed by atoms with Crippen molar-refractivity contribution in [1.82, 2.24) is 0 Å². The molecule has 2 rings (SSSR count). The van der Waals surface area contributed by atoms with E-state index in [0.29, 0.717) is 17.1 Å². The third-order valence-electron chi connectivity index (χ3n) is 4.02. The molecule has 0 atom stereocenters. The zero-order valence-corrected chi connectivity index (χ0v) is 11.0. The average Bonchev–Trinajstić information content (AvgIpc) is 2.39. The van der Waals surface area contributed by atoms with Crippen molar-refractivity contribution < 1.29 is 8.78 Å². The second-order valence-corrected chi connectivity index (χ2v) is 5.51. The van der Waals surface area contributed by atoms with E-state index in [1.54, 1.807) is 6.07 Å². The highest BCUT2D eigenvalue weighted by atomic mass is 35.5. The van der Waals surface area contributed by atoms with Crippen LogP contribution in [0.4, 0.5) is 8.78 Å². The van der Waals surface area contributed by atoms with Crippen LogP contribution >= 0.6 is 11.6 Å². The molecule has 0 aromatic heterocycles. The lowest BCUT2D eigenvalue weighted by Gasteiger charge is -2.38. The standard InChI is InChI=1S/C14H18ClF2N/c15-10-4-5-11(13(16)17)12(8-10)14(9-18)6-2-1-3-7-14/h4-5,8,13H,1-3,6-7,9,18H2. The summed E-state index contributed by atoms with van der Waals surface area (Å²) in [4.78, 5) is 0. The first-order chi connectivity index (χ1) is 8.59. The number of hydrogen-bond acceptors (Lipinski definition) is 1. The maximum atomic E-state index is 13.1. The van der Waals surface area contributed by atoms with Crippen LogP contribution < -0.4 is 5.73 Å². The monoisotopic (exact) mass is 273 g/mol. The van der Waals surface area contributed by atoms with Crippen LogP contribution in [0.3, 0.4) is 0 Å². The van der Waals surface area contributed by atoms with E-state index in [9.17, 15) is 8.78 Å². The number of alkyl halides is 2. The molecule has 0 heterocycles. The van der Waals surface area contributed by atoms with Gasteiger partial charge in [-0.3, -0.25) is 0 Å². The van der Waals surface area contributed by atoms with E-state index in [1.165, 1.54) is 12.1 Å². The fourth-order valence-corrected chi connectivity index (χ4v) is 3.16. The molecular formula is C14H18ClF2N. The van der Waals surface area contributed by atoms with Gasteiger partial charge in [-0.1, -0.05) is 36.9 Å². The number of rotatable bonds is 3. The quantitative estimate of drug-likeness (QED) is 0.866. The second kappa shape index (κ2) is 5.54. The minimum atomic E-state index is -2.47. The zero-order chi connectivity index (χ0) is 13.2. The zero-order valence-electron chi connectivity index (χ0n) is 10.3. The van der Waals surface area contributed by atoms with Gasteiger partial charge in [0.15, 0.2) is 0 Å². The Morgan fingerprint density at radius 3 is 2.44 bits per heavy atom. The first-order valence-corrected chi connectivity index (χ1v) is 6.75. The van der Waals surface area contributed by atoms with Crippen LogP contribution in [0.1, 0.15) is 49.7 Å². The summed E-state index contributed by atoms with van der Waals surface area (Å²) in [6.45, 7) is 0.410. The van der Waals surface area contributed by atoms with E-state index in [1.807, 2.05) is 0 Å². The number of hydrogen-bond donors (Lipinski definition) is 1. The molecule has 0 amide bonds. The highest BCUT2D eigenvalue weighted by Gasteiger charge is 2.35. The maximum absolute atomic E-state index is 13.1. The molecule has 1 fully saturated rings. The van der Waals surface area contributed by atoms with Gasteiger partial charge in [0, 0.05) is 22.5 Å². The summed E-state index contributed by atoms with van der Waals surface area (Å²) in [5.74, 6) is 0. The van der Waals surface area contributed by atoms with Crippen molar-refractivity contribution in [3.05, 3.63) is 34.3 Å². The lowest BCUT2D eigenvalue weighted by atomic mass is 9.68. The van der Waals surface area contributed by atoms with Crippen molar-refractivity contribution in [3.63, 3.8) is 0 Å². The molecule has 0 spiro atoms. The van der Waals surface area contributed by atoms with E-state index < -0.39 is 6.43 Å². The molecule has 0 bridgehead atoms. The molecule has 1 aromatic rings. The van der Waals surface area contributed by atoms with Crippen LogP contribution in [-0.4, -0.2) is 6.54 Å². The first kappa shape index (κ1) is 13.8. The van der Waals surface area contributed by atoms with Gasteiger partial charge in [-0.05, 0) is 30.5 Å². The molecule has 1 aromatic carbocycles. The molecular weight excluding hydrogens is 256 g/mol. The summed E-state index contributed by atoms with van der Waals surface area (Å²) >= 11 is 5.97. The van der Waals surface area contributed by atoms with E-state index >= 15 is 0 Å². The second-order valence-electron chi connectivity index (χ2n) is 5.08. The highest BCUT2D eigenvalue weighted by Crippen LogP contribution is 2.43. The maximum Gasteiger partial charge on any atom is 0.264 e. The highest BCUT2D eigenvalue weighted by molar-refractivity contribution is 6.30. The van der Waals surface area contributed by atoms with Crippen LogP contribution in [0.2, 0.25) is 5.02 Å². The Hall–Kier alpha value is -0.670. The fraction of sp³-hybridized carbons (Fsp3) is 0.571. The van der Waals surface area contributed by atoms with Gasteiger partial charge in [0.25, 0.3) is 6.43 Å². The molecule has 1 nitrogen and oxygen atoms in total. The SMILES string of the molecule is NCC1(c2cc(Cl)ccc2C(F)F)CCCCC1. The summed E-state index contributed by atoms with van der Waals surface area (Å²) in [5.41, 5.74) is 6.34. The molecule has 18 heavy (non-hydrogen) atoms. The molecule has 1 aliphatic carbocycles. The number of nitrogens with two attached hydrogens (primary N) is 1. The lowest BCUT2D eigenvalue weighted by Crippen LogP contribution is -2.38. The van der Waals surface area contributed by atoms with E-state index in [2.05, 4.69) is 0 Å². The van der Waals surface area contributed by atoms with Gasteiger partial charge >= 0.3 is 0 Å². The molecule has 1 aliphatic rings. The van der Waals surface area contributed by atoms with Crippen LogP contribution in [-0.2, 0) is 5.41 Å². The number of halogens is 3. The summed E-state index contributed by atoms with van der Waals surface area (Å²) in [6, 6.07) is 4.65. The van der Waals surface area contributed by atoms with Crippen molar-refractivity contribution in [3.8, 4) is 0 Å². The Labute approximate surface area is 111 Å². The van der Waals surface area contributed by atoms with Crippen molar-refractivity contribution in [2.75, 3.05) is 6.54 Å². The van der Waals surface area contributed by atoms with E-state index in [4.69, 9.17) is 17.3 Å². The van der Waals surface area contributed by atoms with Crippen LogP contribution in [0.25, 0.3) is 0 Å². The number of benzene rings is 1. The molecule has 2 N–H and O–H groups in total. The molecule has 0 saturated heterocycles. The minimum absolute atomic E-state index is 0.0896. The van der Waals surface area contributed by atoms with E-state index in [0.717, 1.165) is 32.1 Å². The van der Waals surface area contributed by atoms with Gasteiger partial charge in [-0.15, -0.1) is 0 Å². The van der Waals surface area contributed by atoms with E-state index in [-0.39, 0.29) is 11.0 Å². The molecule has 1 saturated carbocycles. The molecule has 100 valence electrons. The van der Waals surface area contributed by atoms with Gasteiger partial charge in [0.05, 0.1) is 0 Å². The van der Waals surface area contributed by atoms with Crippen LogP contribution in [0.15, 0.2) is 18.2 Å². The largest absolute Gasteiger partial charge is 0.330 e. The lowest BCUT2D eigenvalue weighted by molar-refractivity contribution is 0.146. The smallest absolute Gasteiger partial charge is 0.264 e. The fourth-order valence-electron chi connectivity index (χ4n) is 2.99. The first-order valence-electron chi connectivity index (χ1n) is 6.37. The predicted octanol–water partition coefficient (Wildman–Crippen LogP) is 4.44. The van der Waals surface area contributed by atoms with Crippen molar-refractivity contribution in [1.29, 1.82) is 0 Å². The molecule has 0 radical (unpaired) electrons. The Kier molecular flexibility index (Phi) is 4.23. The summed E-state index contributed by atoms with van der Waals surface area (Å²) in [6.07, 6.45) is 2.54. The van der Waals surface area contributed by atoms with Crippen LogP contribution in [0, 0.1) is 0 Å². The summed E-state index contributed by atoms with van der Waals surface area (Å²) in [5, 5.41) is 0.507. The van der Waals surface area contributed by atoms with Crippen molar-refractivity contribution in [2.24, 2.45) is 5.73 Å². The normalized spacial score (nSPS) is 19.2. The Bertz CT molecular complexity index is 414. The van der Waals surface area contributed by atoms with Gasteiger partial charge in [0.1, 0.15) is 0 Å². The molecule has 4 heteroatoms. The van der Waals surface area contributed by atoms with Gasteiger partial charge in [-0.2, -0.15) is 0 Å². The topological polar surface area (TPSA) is 26.0 Å². The van der Waals surface area contributed by atoms with Crippen LogP contribution in [0.5, 0.6) is 0 Å². The summed E-state index contributed by atoms with van der Waals surface area (Å²) in [7, 11) is 0. The van der Waals surface area contributed by atoms with Gasteiger partial charge in [-0.25, -0.2) is 8.78 Å². The third-order valence-corrected chi connectivity index (χ3v) is 4.26. The third kappa shape index (κ3) is 2.52. The molecule has 0 unspecified atom stereocenters. The average molecular weight is 274 g/mol. The Morgan fingerprint density at radius 2 is 1.89 bits per heavy atom. The minimum Gasteiger partial charge on any atom is -0.330 e. The Balaban J connectivity index is 2.49. The van der Waals surface area contributed by atoms with Gasteiger partial charge < -0.3 is 5.73 Å². The van der Waals surface area contributed by atoms with Crippen molar-refractivity contribution in [2.45, 2.75) is 43.9 Å². The molecule has 0 aliphatic heterocycles. The predicted molar refractivity (Wildman–Crippen MR) is 70.2 cm³/mol. The summed E-state index contributed by atoms with van der Waals surface area (Å²) < 4.78 is 26.3. The Morgan fingerprint density at radius 1 is 1.22 bits per heavy atom. The van der Waals surface area contributed by atoms with Gasteiger partial charge in [0.2, 0.25) is 0 Å².